The first kappa shape index (κ1) is 9.23. The van der Waals surface area contributed by atoms with Gasteiger partial charge in [-0.05, 0) is 36.0 Å². The summed E-state index contributed by atoms with van der Waals surface area (Å²) in [5, 5.41) is 0. The maximum atomic E-state index is 11.2. The number of rotatable bonds is 1. The summed E-state index contributed by atoms with van der Waals surface area (Å²) >= 11 is 0. The molecule has 0 saturated heterocycles. The third kappa shape index (κ3) is 1.43. The number of fused-ring (bicyclic) bond motifs is 1. The normalized spacial score (nSPS) is 44.5. The lowest BCUT2D eigenvalue weighted by atomic mass is 9.76. The SMILES string of the molecule is CC(C)C1(C)CC2CC(=O)CC2C1. The number of ketones is 1. The molecule has 0 aromatic rings. The van der Waals surface area contributed by atoms with Gasteiger partial charge in [-0.2, -0.15) is 0 Å². The zero-order valence-corrected chi connectivity index (χ0v) is 8.97. The molecule has 0 radical (unpaired) electrons. The van der Waals surface area contributed by atoms with E-state index in [0.29, 0.717) is 11.2 Å². The van der Waals surface area contributed by atoms with Crippen molar-refractivity contribution in [1.29, 1.82) is 0 Å². The zero-order valence-electron chi connectivity index (χ0n) is 8.97. The van der Waals surface area contributed by atoms with Gasteiger partial charge in [-0.25, -0.2) is 0 Å². The van der Waals surface area contributed by atoms with E-state index in [4.69, 9.17) is 0 Å². The number of hydrogen-bond acceptors (Lipinski definition) is 1. The van der Waals surface area contributed by atoms with Gasteiger partial charge >= 0.3 is 0 Å². The fraction of sp³-hybridized carbons (Fsp3) is 0.917. The van der Waals surface area contributed by atoms with Gasteiger partial charge in [-0.3, -0.25) is 4.79 Å². The molecule has 0 aliphatic heterocycles. The molecule has 2 fully saturated rings. The van der Waals surface area contributed by atoms with E-state index in [0.717, 1.165) is 30.6 Å². The third-order valence-electron chi connectivity index (χ3n) is 4.50. The van der Waals surface area contributed by atoms with Crippen LogP contribution in [0.25, 0.3) is 0 Å². The second-order valence-corrected chi connectivity index (χ2v) is 5.68. The van der Waals surface area contributed by atoms with Crippen molar-refractivity contribution in [1.82, 2.24) is 0 Å². The van der Waals surface area contributed by atoms with Crippen LogP contribution in [0.1, 0.15) is 46.5 Å². The molecule has 0 aromatic heterocycles. The Bertz CT molecular complexity index is 213. The molecule has 0 spiro atoms. The van der Waals surface area contributed by atoms with Gasteiger partial charge < -0.3 is 0 Å². The predicted octanol–water partition coefficient (Wildman–Crippen LogP) is 3.04. The largest absolute Gasteiger partial charge is 0.300 e. The first-order valence-electron chi connectivity index (χ1n) is 5.53. The number of Topliss-reactive ketones (excluding diaryl/α,β-unsaturated/α-hetero) is 1. The molecule has 2 atom stereocenters. The fourth-order valence-corrected chi connectivity index (χ4v) is 3.23. The van der Waals surface area contributed by atoms with E-state index in [9.17, 15) is 4.79 Å². The fourth-order valence-electron chi connectivity index (χ4n) is 3.23. The van der Waals surface area contributed by atoms with Gasteiger partial charge in [0.1, 0.15) is 5.78 Å². The van der Waals surface area contributed by atoms with E-state index in [-0.39, 0.29) is 0 Å². The van der Waals surface area contributed by atoms with Crippen LogP contribution in [0, 0.1) is 23.2 Å². The molecule has 13 heavy (non-hydrogen) atoms. The maximum Gasteiger partial charge on any atom is 0.133 e. The van der Waals surface area contributed by atoms with Crippen molar-refractivity contribution in [2.24, 2.45) is 23.2 Å². The van der Waals surface area contributed by atoms with E-state index < -0.39 is 0 Å². The summed E-state index contributed by atoms with van der Waals surface area (Å²) in [7, 11) is 0. The summed E-state index contributed by atoms with van der Waals surface area (Å²) in [6.07, 6.45) is 4.35. The van der Waals surface area contributed by atoms with E-state index in [2.05, 4.69) is 20.8 Å². The lowest BCUT2D eigenvalue weighted by Crippen LogP contribution is -2.20. The Labute approximate surface area is 80.9 Å². The lowest BCUT2D eigenvalue weighted by molar-refractivity contribution is -0.118. The number of carbonyl (C=O) groups is 1. The first-order valence-corrected chi connectivity index (χ1v) is 5.53. The van der Waals surface area contributed by atoms with Crippen molar-refractivity contribution in [2.45, 2.75) is 46.5 Å². The molecule has 2 saturated carbocycles. The molecular formula is C12H20O. The van der Waals surface area contributed by atoms with Crippen molar-refractivity contribution in [3.05, 3.63) is 0 Å². The minimum absolute atomic E-state index is 0.515. The van der Waals surface area contributed by atoms with Gasteiger partial charge in [-0.1, -0.05) is 20.8 Å². The Morgan fingerprint density at radius 1 is 1.23 bits per heavy atom. The molecule has 2 aliphatic rings. The Morgan fingerprint density at radius 2 is 1.69 bits per heavy atom. The smallest absolute Gasteiger partial charge is 0.133 e. The molecular weight excluding hydrogens is 160 g/mol. The van der Waals surface area contributed by atoms with Gasteiger partial charge in [0.2, 0.25) is 0 Å². The van der Waals surface area contributed by atoms with E-state index >= 15 is 0 Å². The van der Waals surface area contributed by atoms with Crippen LogP contribution in [0.5, 0.6) is 0 Å². The highest BCUT2D eigenvalue weighted by Gasteiger charge is 2.47. The van der Waals surface area contributed by atoms with E-state index in [1.54, 1.807) is 0 Å². The van der Waals surface area contributed by atoms with Crippen LogP contribution in [0.15, 0.2) is 0 Å². The van der Waals surface area contributed by atoms with Crippen LogP contribution < -0.4 is 0 Å². The van der Waals surface area contributed by atoms with Crippen molar-refractivity contribution in [2.75, 3.05) is 0 Å². The van der Waals surface area contributed by atoms with E-state index in [1.807, 2.05) is 0 Å². The minimum Gasteiger partial charge on any atom is -0.300 e. The maximum absolute atomic E-state index is 11.2. The highest BCUT2D eigenvalue weighted by Crippen LogP contribution is 2.54. The number of hydrogen-bond donors (Lipinski definition) is 0. The molecule has 1 heteroatoms. The lowest BCUT2D eigenvalue weighted by Gasteiger charge is -2.29. The van der Waals surface area contributed by atoms with Gasteiger partial charge in [0, 0.05) is 12.8 Å². The van der Waals surface area contributed by atoms with Gasteiger partial charge in [-0.15, -0.1) is 0 Å². The monoisotopic (exact) mass is 180 g/mol. The summed E-state index contributed by atoms with van der Waals surface area (Å²) in [4.78, 5) is 11.2. The summed E-state index contributed by atoms with van der Waals surface area (Å²) in [6, 6.07) is 0. The van der Waals surface area contributed by atoms with Crippen molar-refractivity contribution < 1.29 is 4.79 Å². The topological polar surface area (TPSA) is 17.1 Å². The summed E-state index contributed by atoms with van der Waals surface area (Å²) in [5.41, 5.74) is 0.524. The Balaban J connectivity index is 2.08. The van der Waals surface area contributed by atoms with Crippen LogP contribution in [0.3, 0.4) is 0 Å². The van der Waals surface area contributed by atoms with Crippen LogP contribution >= 0.6 is 0 Å². The first-order chi connectivity index (χ1) is 6.01. The van der Waals surface area contributed by atoms with Crippen molar-refractivity contribution >= 4 is 5.78 Å². The summed E-state index contributed by atoms with van der Waals surface area (Å²) < 4.78 is 0. The summed E-state index contributed by atoms with van der Waals surface area (Å²) in [6.45, 7) is 7.05. The molecule has 0 N–H and O–H groups in total. The Hall–Kier alpha value is -0.330. The van der Waals surface area contributed by atoms with Crippen LogP contribution in [0.2, 0.25) is 0 Å². The van der Waals surface area contributed by atoms with Gasteiger partial charge in [0.25, 0.3) is 0 Å². The molecule has 2 aliphatic carbocycles. The standard InChI is InChI=1S/C12H20O/c1-8(2)12(3)6-9-4-11(13)5-10(9)7-12/h8-10H,4-7H2,1-3H3. The average molecular weight is 180 g/mol. The predicted molar refractivity (Wildman–Crippen MR) is 53.4 cm³/mol. The molecule has 0 amide bonds. The minimum atomic E-state index is 0.515. The second kappa shape index (κ2) is 2.83. The van der Waals surface area contributed by atoms with Crippen LogP contribution in [-0.4, -0.2) is 5.78 Å². The quantitative estimate of drug-likeness (QED) is 0.606. The highest BCUT2D eigenvalue weighted by molar-refractivity contribution is 5.81. The second-order valence-electron chi connectivity index (χ2n) is 5.68. The average Bonchev–Trinajstić information content (AvgIpc) is 2.42. The Kier molecular flexibility index (Phi) is 2.01. The van der Waals surface area contributed by atoms with Gasteiger partial charge in [0.15, 0.2) is 0 Å². The molecule has 2 unspecified atom stereocenters. The molecule has 2 rings (SSSR count). The highest BCUT2D eigenvalue weighted by atomic mass is 16.1. The third-order valence-corrected chi connectivity index (χ3v) is 4.50. The van der Waals surface area contributed by atoms with Gasteiger partial charge in [0.05, 0.1) is 0 Å². The van der Waals surface area contributed by atoms with Crippen LogP contribution in [-0.2, 0) is 4.79 Å². The molecule has 74 valence electrons. The Morgan fingerprint density at radius 3 is 2.08 bits per heavy atom. The summed E-state index contributed by atoms with van der Waals surface area (Å²) in [5.74, 6) is 2.76. The van der Waals surface area contributed by atoms with Crippen molar-refractivity contribution in [3.8, 4) is 0 Å². The molecule has 0 bridgehead atoms. The van der Waals surface area contributed by atoms with Crippen LogP contribution in [0.4, 0.5) is 0 Å². The zero-order chi connectivity index (χ0) is 9.64. The molecule has 0 heterocycles. The van der Waals surface area contributed by atoms with Crippen molar-refractivity contribution in [3.63, 3.8) is 0 Å². The molecule has 0 aromatic carbocycles. The van der Waals surface area contributed by atoms with E-state index in [1.165, 1.54) is 12.8 Å². The molecule has 1 nitrogen and oxygen atoms in total. The number of carbonyl (C=O) groups excluding carboxylic acids is 1.